The molecular formula is C26H29Cl2NO2. The second-order valence-corrected chi connectivity index (χ2v) is 9.54. The Bertz CT molecular complexity index is 972. The second kappa shape index (κ2) is 9.58. The highest BCUT2D eigenvalue weighted by molar-refractivity contribution is 6.30. The number of amides is 1. The van der Waals surface area contributed by atoms with Crippen LogP contribution < -0.4 is 0 Å². The zero-order chi connectivity index (χ0) is 22.8. The highest BCUT2D eigenvalue weighted by atomic mass is 35.5. The number of likely N-dealkylation sites (tertiary alicyclic amines) is 1. The van der Waals surface area contributed by atoms with Crippen LogP contribution in [0.2, 0.25) is 10.0 Å². The number of ketones is 1. The van der Waals surface area contributed by atoms with Crippen molar-refractivity contribution in [3.8, 4) is 0 Å². The van der Waals surface area contributed by atoms with Gasteiger partial charge in [0.2, 0.25) is 5.91 Å². The zero-order valence-corrected chi connectivity index (χ0v) is 19.8. The maximum absolute atomic E-state index is 13.9. The van der Waals surface area contributed by atoms with E-state index in [1.165, 1.54) is 0 Å². The molecule has 1 heterocycles. The molecule has 1 saturated heterocycles. The number of Topliss-reactive ketones (excluding diaryl/α,β-unsaturated/α-hetero) is 1. The number of halogens is 2. The summed E-state index contributed by atoms with van der Waals surface area (Å²) in [6, 6.07) is 14.6. The van der Waals surface area contributed by atoms with Crippen LogP contribution in [0.3, 0.4) is 0 Å². The summed E-state index contributed by atoms with van der Waals surface area (Å²) in [6.07, 6.45) is 3.53. The van der Waals surface area contributed by atoms with Crippen molar-refractivity contribution in [3.05, 3.63) is 82.4 Å². The predicted octanol–water partition coefficient (Wildman–Crippen LogP) is 7.00. The van der Waals surface area contributed by atoms with Crippen LogP contribution in [0.15, 0.2) is 61.2 Å². The smallest absolute Gasteiger partial charge is 0.229 e. The largest absolute Gasteiger partial charge is 0.325 e. The van der Waals surface area contributed by atoms with Crippen LogP contribution >= 0.6 is 23.2 Å². The summed E-state index contributed by atoms with van der Waals surface area (Å²) in [5.41, 5.74) is 1.36. The standard InChI is InChI=1S/C26H29Cl2NO2/c1-5-14-26(4)16-22(19-8-7-9-21(28)15-19)24(18-10-12-20(27)13-11-18)29(25(26)31)23(6-2)17(3)30/h5,7-13,15,22-24H,1,6,14,16H2,2-4H3/t22-,23+,24?,26?/m1/s1. The summed E-state index contributed by atoms with van der Waals surface area (Å²) in [7, 11) is 0. The fourth-order valence-corrected chi connectivity index (χ4v) is 5.24. The Morgan fingerprint density at radius 1 is 1.19 bits per heavy atom. The molecule has 0 N–H and O–H groups in total. The van der Waals surface area contributed by atoms with Gasteiger partial charge in [-0.1, -0.05) is 67.4 Å². The number of carbonyl (C=O) groups excluding carboxylic acids is 2. The average Bonchev–Trinajstić information content (AvgIpc) is 2.72. The van der Waals surface area contributed by atoms with Gasteiger partial charge in [-0.05, 0) is 61.6 Å². The number of rotatable bonds is 7. The van der Waals surface area contributed by atoms with Crippen LogP contribution in [-0.4, -0.2) is 22.6 Å². The van der Waals surface area contributed by atoms with Gasteiger partial charge in [0.05, 0.1) is 17.5 Å². The van der Waals surface area contributed by atoms with E-state index in [2.05, 4.69) is 12.6 Å². The zero-order valence-electron chi connectivity index (χ0n) is 18.3. The molecule has 0 spiro atoms. The Balaban J connectivity index is 2.25. The summed E-state index contributed by atoms with van der Waals surface area (Å²) in [5.74, 6) is -0.0499. The van der Waals surface area contributed by atoms with Gasteiger partial charge in [0.15, 0.2) is 5.78 Å². The summed E-state index contributed by atoms with van der Waals surface area (Å²) in [4.78, 5) is 28.4. The van der Waals surface area contributed by atoms with Crippen molar-refractivity contribution in [3.63, 3.8) is 0 Å². The molecule has 2 aromatic rings. The van der Waals surface area contributed by atoms with E-state index in [9.17, 15) is 9.59 Å². The third kappa shape index (κ3) is 4.73. The summed E-state index contributed by atoms with van der Waals surface area (Å²) >= 11 is 12.5. The van der Waals surface area contributed by atoms with E-state index in [4.69, 9.17) is 23.2 Å². The maximum atomic E-state index is 13.9. The van der Waals surface area contributed by atoms with Gasteiger partial charge < -0.3 is 4.90 Å². The van der Waals surface area contributed by atoms with E-state index >= 15 is 0 Å². The molecular weight excluding hydrogens is 429 g/mol. The summed E-state index contributed by atoms with van der Waals surface area (Å²) in [6.45, 7) is 9.38. The lowest BCUT2D eigenvalue weighted by Crippen LogP contribution is -2.57. The molecule has 164 valence electrons. The van der Waals surface area contributed by atoms with E-state index in [1.54, 1.807) is 13.0 Å². The average molecular weight is 458 g/mol. The number of piperidine rings is 1. The highest BCUT2D eigenvalue weighted by Gasteiger charge is 2.51. The maximum Gasteiger partial charge on any atom is 0.229 e. The molecule has 1 amide bonds. The monoisotopic (exact) mass is 457 g/mol. The first kappa shape index (κ1) is 23.6. The summed E-state index contributed by atoms with van der Waals surface area (Å²) in [5, 5.41) is 1.28. The Morgan fingerprint density at radius 3 is 2.42 bits per heavy atom. The van der Waals surface area contributed by atoms with Gasteiger partial charge in [-0.3, -0.25) is 9.59 Å². The molecule has 31 heavy (non-hydrogen) atoms. The molecule has 0 saturated carbocycles. The lowest BCUT2D eigenvalue weighted by atomic mass is 9.67. The normalized spacial score (nSPS) is 24.7. The van der Waals surface area contributed by atoms with Crippen molar-refractivity contribution >= 4 is 34.9 Å². The number of hydrogen-bond acceptors (Lipinski definition) is 2. The van der Waals surface area contributed by atoms with E-state index < -0.39 is 11.5 Å². The molecule has 0 aromatic heterocycles. The number of benzene rings is 2. The third-order valence-electron chi connectivity index (χ3n) is 6.38. The highest BCUT2D eigenvalue weighted by Crippen LogP contribution is 2.52. The molecule has 2 aromatic carbocycles. The minimum Gasteiger partial charge on any atom is -0.325 e. The van der Waals surface area contributed by atoms with Crippen molar-refractivity contribution < 1.29 is 9.59 Å². The Labute approximate surface area is 195 Å². The lowest BCUT2D eigenvalue weighted by Gasteiger charge is -2.51. The van der Waals surface area contributed by atoms with E-state index in [-0.39, 0.29) is 23.7 Å². The first-order chi connectivity index (χ1) is 14.7. The molecule has 1 fully saturated rings. The molecule has 0 aliphatic carbocycles. The second-order valence-electron chi connectivity index (χ2n) is 8.66. The first-order valence-electron chi connectivity index (χ1n) is 10.7. The quantitative estimate of drug-likeness (QED) is 0.419. The van der Waals surface area contributed by atoms with E-state index in [1.807, 2.05) is 61.2 Å². The van der Waals surface area contributed by atoms with Crippen LogP contribution in [0.1, 0.15) is 63.1 Å². The Morgan fingerprint density at radius 2 is 1.87 bits per heavy atom. The van der Waals surface area contributed by atoms with Crippen molar-refractivity contribution in [2.75, 3.05) is 0 Å². The minimum atomic E-state index is -0.652. The molecule has 3 rings (SSSR count). The molecule has 0 bridgehead atoms. The molecule has 3 nitrogen and oxygen atoms in total. The van der Waals surface area contributed by atoms with Crippen LogP contribution in [-0.2, 0) is 9.59 Å². The van der Waals surface area contributed by atoms with Gasteiger partial charge in [0, 0.05) is 16.0 Å². The molecule has 1 aliphatic heterocycles. The fraction of sp³-hybridized carbons (Fsp3) is 0.385. The molecule has 5 heteroatoms. The Hall–Kier alpha value is -2.10. The van der Waals surface area contributed by atoms with Crippen molar-refractivity contribution in [2.45, 2.75) is 58.0 Å². The van der Waals surface area contributed by atoms with Gasteiger partial charge in [0.25, 0.3) is 0 Å². The van der Waals surface area contributed by atoms with Crippen LogP contribution in [0, 0.1) is 5.41 Å². The lowest BCUT2D eigenvalue weighted by molar-refractivity contribution is -0.157. The Kier molecular flexibility index (Phi) is 7.28. The fourth-order valence-electron chi connectivity index (χ4n) is 4.91. The summed E-state index contributed by atoms with van der Waals surface area (Å²) < 4.78 is 0. The molecule has 1 aliphatic rings. The predicted molar refractivity (Wildman–Crippen MR) is 128 cm³/mol. The molecule has 2 unspecified atom stereocenters. The number of carbonyl (C=O) groups is 2. The van der Waals surface area contributed by atoms with Gasteiger partial charge >= 0.3 is 0 Å². The van der Waals surface area contributed by atoms with Crippen molar-refractivity contribution in [1.82, 2.24) is 4.90 Å². The van der Waals surface area contributed by atoms with E-state index in [0.717, 1.165) is 11.1 Å². The number of allylic oxidation sites excluding steroid dienone is 1. The van der Waals surface area contributed by atoms with E-state index in [0.29, 0.717) is 29.3 Å². The van der Waals surface area contributed by atoms with Gasteiger partial charge in [-0.2, -0.15) is 0 Å². The topological polar surface area (TPSA) is 37.4 Å². The van der Waals surface area contributed by atoms with Gasteiger partial charge in [-0.15, -0.1) is 6.58 Å². The SMILES string of the molecule is C=CCC1(C)C[C@H](c2cccc(Cl)c2)C(c2ccc(Cl)cc2)N([C@@H](CC)C(C)=O)C1=O. The number of nitrogens with zero attached hydrogens (tertiary/aromatic N) is 1. The molecule has 4 atom stereocenters. The molecule has 0 radical (unpaired) electrons. The van der Waals surface area contributed by atoms with Gasteiger partial charge in [-0.25, -0.2) is 0 Å². The van der Waals surface area contributed by atoms with Crippen LogP contribution in [0.5, 0.6) is 0 Å². The van der Waals surface area contributed by atoms with Crippen molar-refractivity contribution in [2.24, 2.45) is 5.41 Å². The minimum absolute atomic E-state index is 0.00678. The van der Waals surface area contributed by atoms with Crippen LogP contribution in [0.4, 0.5) is 0 Å². The van der Waals surface area contributed by atoms with Crippen molar-refractivity contribution in [1.29, 1.82) is 0 Å². The third-order valence-corrected chi connectivity index (χ3v) is 6.86. The van der Waals surface area contributed by atoms with Gasteiger partial charge in [0.1, 0.15) is 0 Å². The van der Waals surface area contributed by atoms with Crippen LogP contribution in [0.25, 0.3) is 0 Å². The first-order valence-corrected chi connectivity index (χ1v) is 11.4. The number of hydrogen-bond donors (Lipinski definition) is 0.